The van der Waals surface area contributed by atoms with Gasteiger partial charge in [-0.15, -0.1) is 0 Å². The highest BCUT2D eigenvalue weighted by atomic mass is 16.2. The first-order chi connectivity index (χ1) is 9.18. The number of carbonyl (C=O) groups excluding carboxylic acids is 1. The summed E-state index contributed by atoms with van der Waals surface area (Å²) in [5.74, 6) is 0. The summed E-state index contributed by atoms with van der Waals surface area (Å²) in [6.07, 6.45) is 4.76. The van der Waals surface area contributed by atoms with E-state index in [0.29, 0.717) is 0 Å². The van der Waals surface area contributed by atoms with Gasteiger partial charge in [0.2, 0.25) is 0 Å². The fourth-order valence-corrected chi connectivity index (χ4v) is 2.70. The highest BCUT2D eigenvalue weighted by molar-refractivity contribution is 5.74. The van der Waals surface area contributed by atoms with Crippen LogP contribution in [-0.2, 0) is 0 Å². The molecule has 104 valence electrons. The molecule has 0 aromatic heterocycles. The maximum Gasteiger partial charge on any atom is 0.317 e. The van der Waals surface area contributed by atoms with Crippen LogP contribution < -0.4 is 5.32 Å². The summed E-state index contributed by atoms with van der Waals surface area (Å²) in [5.41, 5.74) is 2.43. The molecule has 1 fully saturated rings. The Kier molecular flexibility index (Phi) is 4.83. The van der Waals surface area contributed by atoms with Crippen molar-refractivity contribution in [1.82, 2.24) is 10.2 Å². The summed E-state index contributed by atoms with van der Waals surface area (Å²) in [5, 5.41) is 3.12. The molecule has 19 heavy (non-hydrogen) atoms. The Balaban J connectivity index is 1.96. The second-order valence-electron chi connectivity index (χ2n) is 5.43. The van der Waals surface area contributed by atoms with Gasteiger partial charge in [0.15, 0.2) is 0 Å². The highest BCUT2D eigenvalue weighted by Gasteiger charge is 2.18. The van der Waals surface area contributed by atoms with Crippen molar-refractivity contribution in [3.05, 3.63) is 35.4 Å². The van der Waals surface area contributed by atoms with E-state index >= 15 is 0 Å². The van der Waals surface area contributed by atoms with Crippen molar-refractivity contribution < 1.29 is 4.79 Å². The van der Waals surface area contributed by atoms with Crippen molar-refractivity contribution in [1.29, 1.82) is 0 Å². The number of likely N-dealkylation sites (tertiary alicyclic amines) is 1. The third-order valence-electron chi connectivity index (χ3n) is 3.89. The lowest BCUT2D eigenvalue weighted by Crippen LogP contribution is -2.41. The van der Waals surface area contributed by atoms with Gasteiger partial charge in [0.05, 0.1) is 6.04 Å². The van der Waals surface area contributed by atoms with Gasteiger partial charge in [-0.3, -0.25) is 0 Å². The van der Waals surface area contributed by atoms with Crippen molar-refractivity contribution >= 4 is 6.03 Å². The molecular formula is C16H24N2O. The van der Waals surface area contributed by atoms with Crippen LogP contribution in [-0.4, -0.2) is 24.0 Å². The average molecular weight is 260 g/mol. The maximum absolute atomic E-state index is 12.3. The van der Waals surface area contributed by atoms with Crippen LogP contribution in [0.15, 0.2) is 24.3 Å². The predicted molar refractivity (Wildman–Crippen MR) is 78.2 cm³/mol. The van der Waals surface area contributed by atoms with Crippen LogP contribution in [0.1, 0.15) is 49.8 Å². The lowest BCUT2D eigenvalue weighted by atomic mass is 10.0. The maximum atomic E-state index is 12.3. The summed E-state index contributed by atoms with van der Waals surface area (Å²) < 4.78 is 0. The summed E-state index contributed by atoms with van der Waals surface area (Å²) in [7, 11) is 0. The van der Waals surface area contributed by atoms with Crippen molar-refractivity contribution in [2.45, 2.75) is 45.6 Å². The van der Waals surface area contributed by atoms with Gasteiger partial charge in [-0.25, -0.2) is 4.79 Å². The van der Waals surface area contributed by atoms with E-state index in [0.717, 1.165) is 25.9 Å². The predicted octanol–water partition coefficient (Wildman–Crippen LogP) is 3.64. The zero-order valence-corrected chi connectivity index (χ0v) is 12.0. The van der Waals surface area contributed by atoms with Gasteiger partial charge in [-0.1, -0.05) is 37.1 Å². The number of carbonyl (C=O) groups is 1. The Morgan fingerprint density at radius 2 is 1.79 bits per heavy atom. The summed E-state index contributed by atoms with van der Waals surface area (Å²) >= 11 is 0. The molecule has 0 spiro atoms. The number of nitrogens with one attached hydrogen (secondary N) is 1. The second-order valence-corrected chi connectivity index (χ2v) is 5.43. The number of amides is 2. The minimum Gasteiger partial charge on any atom is -0.331 e. The van der Waals surface area contributed by atoms with Gasteiger partial charge in [0.25, 0.3) is 0 Å². The molecule has 1 aromatic carbocycles. The topological polar surface area (TPSA) is 32.3 Å². The Bertz CT molecular complexity index is 423. The van der Waals surface area contributed by atoms with E-state index in [4.69, 9.17) is 0 Å². The largest absolute Gasteiger partial charge is 0.331 e. The molecule has 1 N–H and O–H groups in total. The zero-order chi connectivity index (χ0) is 13.7. The first-order valence-electron chi connectivity index (χ1n) is 7.29. The van der Waals surface area contributed by atoms with Gasteiger partial charge in [-0.05, 0) is 37.8 Å². The first-order valence-corrected chi connectivity index (χ1v) is 7.29. The molecule has 1 atom stereocenters. The third-order valence-corrected chi connectivity index (χ3v) is 3.89. The fourth-order valence-electron chi connectivity index (χ4n) is 2.70. The minimum atomic E-state index is 0.0666. The molecule has 0 bridgehead atoms. The van der Waals surface area contributed by atoms with Gasteiger partial charge in [0, 0.05) is 13.1 Å². The van der Waals surface area contributed by atoms with Gasteiger partial charge in [-0.2, -0.15) is 0 Å². The van der Waals surface area contributed by atoms with E-state index in [1.54, 1.807) is 0 Å². The molecule has 3 heteroatoms. The molecule has 2 amide bonds. The average Bonchev–Trinajstić information content (AvgIpc) is 2.68. The lowest BCUT2D eigenvalue weighted by Gasteiger charge is -2.24. The Morgan fingerprint density at radius 3 is 2.42 bits per heavy atom. The Hall–Kier alpha value is -1.51. The van der Waals surface area contributed by atoms with Crippen molar-refractivity contribution in [2.24, 2.45) is 0 Å². The first kappa shape index (κ1) is 13.9. The number of hydrogen-bond acceptors (Lipinski definition) is 1. The third kappa shape index (κ3) is 3.72. The normalized spacial score (nSPS) is 17.7. The van der Waals surface area contributed by atoms with E-state index < -0.39 is 0 Å². The molecule has 0 radical (unpaired) electrons. The van der Waals surface area contributed by atoms with Gasteiger partial charge >= 0.3 is 6.03 Å². The minimum absolute atomic E-state index is 0.0666. The molecule has 3 nitrogen and oxygen atoms in total. The Morgan fingerprint density at radius 1 is 1.16 bits per heavy atom. The van der Waals surface area contributed by atoms with E-state index in [1.165, 1.54) is 24.0 Å². The van der Waals surface area contributed by atoms with E-state index in [2.05, 4.69) is 31.3 Å². The number of hydrogen-bond donors (Lipinski definition) is 1. The smallest absolute Gasteiger partial charge is 0.317 e. The zero-order valence-electron chi connectivity index (χ0n) is 12.0. The van der Waals surface area contributed by atoms with E-state index in [-0.39, 0.29) is 12.1 Å². The number of urea groups is 1. The number of aryl methyl sites for hydroxylation is 1. The summed E-state index contributed by atoms with van der Waals surface area (Å²) in [6.45, 7) is 5.93. The second kappa shape index (κ2) is 6.60. The van der Waals surface area contributed by atoms with E-state index in [9.17, 15) is 4.79 Å². The molecule has 2 rings (SSSR count). The fraction of sp³-hybridized carbons (Fsp3) is 0.562. The summed E-state index contributed by atoms with van der Waals surface area (Å²) in [6, 6.07) is 8.38. The number of benzene rings is 1. The molecule has 1 aliphatic heterocycles. The molecule has 1 aromatic rings. The standard InChI is InChI=1S/C16H24N2O/c1-13-9-5-6-10-15(13)14(2)17-16(19)18-11-7-3-4-8-12-18/h5-6,9-10,14H,3-4,7-8,11-12H2,1-2H3,(H,17,19). The van der Waals surface area contributed by atoms with Crippen LogP contribution in [0.25, 0.3) is 0 Å². The van der Waals surface area contributed by atoms with Gasteiger partial charge < -0.3 is 10.2 Å². The van der Waals surface area contributed by atoms with Crippen LogP contribution in [0.2, 0.25) is 0 Å². The van der Waals surface area contributed by atoms with Gasteiger partial charge in [0.1, 0.15) is 0 Å². The molecule has 1 heterocycles. The lowest BCUT2D eigenvalue weighted by molar-refractivity contribution is 0.196. The van der Waals surface area contributed by atoms with Crippen LogP contribution in [0.4, 0.5) is 4.79 Å². The Labute approximate surface area is 116 Å². The van der Waals surface area contributed by atoms with Crippen LogP contribution >= 0.6 is 0 Å². The van der Waals surface area contributed by atoms with Crippen LogP contribution in [0.3, 0.4) is 0 Å². The SMILES string of the molecule is Cc1ccccc1C(C)NC(=O)N1CCCCCC1. The van der Waals surface area contributed by atoms with Crippen LogP contribution in [0.5, 0.6) is 0 Å². The number of rotatable bonds is 2. The molecule has 1 aliphatic rings. The molecule has 0 saturated carbocycles. The van der Waals surface area contributed by atoms with Crippen LogP contribution in [0, 0.1) is 6.92 Å². The monoisotopic (exact) mass is 260 g/mol. The van der Waals surface area contributed by atoms with Crippen molar-refractivity contribution in [2.75, 3.05) is 13.1 Å². The van der Waals surface area contributed by atoms with E-state index in [1.807, 2.05) is 17.0 Å². The molecule has 1 saturated heterocycles. The number of nitrogens with zero attached hydrogens (tertiary/aromatic N) is 1. The molecular weight excluding hydrogens is 236 g/mol. The molecule has 1 unspecified atom stereocenters. The quantitative estimate of drug-likeness (QED) is 0.865. The highest BCUT2D eigenvalue weighted by Crippen LogP contribution is 2.17. The summed E-state index contributed by atoms with van der Waals surface area (Å²) in [4.78, 5) is 14.2. The molecule has 0 aliphatic carbocycles. The van der Waals surface area contributed by atoms with Crippen molar-refractivity contribution in [3.8, 4) is 0 Å². The van der Waals surface area contributed by atoms with Crippen molar-refractivity contribution in [3.63, 3.8) is 0 Å².